The van der Waals surface area contributed by atoms with Crippen molar-refractivity contribution < 1.29 is 64.8 Å². The predicted octanol–water partition coefficient (Wildman–Crippen LogP) is 8.49. The number of nitrogens with zero attached hydrogens (tertiary/aromatic N) is 2. The Kier molecular flexibility index (Phi) is 15.2. The lowest BCUT2D eigenvalue weighted by Gasteiger charge is -2.25. The number of nitriles is 1. The largest absolute Gasteiger partial charge is 0.516 e. The summed E-state index contributed by atoms with van der Waals surface area (Å²) in [6.07, 6.45) is -1.71. The van der Waals surface area contributed by atoms with Crippen molar-refractivity contribution in [2.24, 2.45) is 10.8 Å². The molecule has 0 saturated heterocycles. The van der Waals surface area contributed by atoms with E-state index in [1.807, 2.05) is 6.07 Å². The van der Waals surface area contributed by atoms with E-state index in [1.165, 1.54) is 66.9 Å². The van der Waals surface area contributed by atoms with Crippen LogP contribution >= 0.6 is 11.6 Å². The van der Waals surface area contributed by atoms with Gasteiger partial charge in [0, 0.05) is 13.1 Å². The first-order valence-electron chi connectivity index (χ1n) is 18.3. The normalized spacial score (nSPS) is 12.4. The number of alkyl halides is 2. The molecule has 4 aromatic carbocycles. The molecule has 0 spiro atoms. The summed E-state index contributed by atoms with van der Waals surface area (Å²) in [6, 6.07) is 24.9. The summed E-state index contributed by atoms with van der Waals surface area (Å²) in [5, 5.41) is 8.62. The maximum absolute atomic E-state index is 15.8. The van der Waals surface area contributed by atoms with E-state index in [1.54, 1.807) is 48.5 Å². The minimum atomic E-state index is -4.56. The van der Waals surface area contributed by atoms with Gasteiger partial charge in [0.1, 0.15) is 10.6 Å². The van der Waals surface area contributed by atoms with Gasteiger partial charge in [-0.3, -0.25) is 9.59 Å². The van der Waals surface area contributed by atoms with Crippen LogP contribution in [0.1, 0.15) is 63.8 Å². The van der Waals surface area contributed by atoms with Gasteiger partial charge in [-0.05, 0) is 94.1 Å². The Morgan fingerprint density at radius 1 is 0.738 bits per heavy atom. The zero-order chi connectivity index (χ0) is 45.3. The van der Waals surface area contributed by atoms with Gasteiger partial charge in [0.15, 0.2) is 0 Å². The van der Waals surface area contributed by atoms with Crippen LogP contribution in [0.25, 0.3) is 11.1 Å². The van der Waals surface area contributed by atoms with Crippen LogP contribution in [0.3, 0.4) is 0 Å². The van der Waals surface area contributed by atoms with E-state index in [9.17, 15) is 32.9 Å². The van der Waals surface area contributed by atoms with Crippen molar-refractivity contribution in [3.8, 4) is 22.9 Å². The fourth-order valence-electron chi connectivity index (χ4n) is 5.15. The molecule has 0 radical (unpaired) electrons. The molecule has 0 bridgehead atoms. The lowest BCUT2D eigenvalue weighted by atomic mass is 9.97. The van der Waals surface area contributed by atoms with Crippen LogP contribution in [-0.4, -0.2) is 57.2 Å². The third-order valence-corrected chi connectivity index (χ3v) is 10.6. The van der Waals surface area contributed by atoms with Gasteiger partial charge in [-0.25, -0.2) is 18.0 Å². The van der Waals surface area contributed by atoms with Crippen LogP contribution in [0, 0.1) is 22.2 Å². The molecule has 0 N–H and O–H groups in total. The van der Waals surface area contributed by atoms with Crippen LogP contribution in [0.5, 0.6) is 5.75 Å². The quantitative estimate of drug-likeness (QED) is 0.0819. The van der Waals surface area contributed by atoms with Crippen LogP contribution in [0.4, 0.5) is 13.6 Å². The van der Waals surface area contributed by atoms with Crippen molar-refractivity contribution in [1.82, 2.24) is 4.31 Å². The SMILES string of the molecule is COc1ccccc1S(=O)(=O)N(Cc1ccc(-c2cccc(C#N)c2)cc1)Cc1ccc(C(F)(F)C(=O)OC(OC(=O)OCOC(=O)C(C)(C)C)OC(=O)C(C)(C)C)c(Cl)c1. The number of rotatable bonds is 15. The van der Waals surface area contributed by atoms with Crippen molar-refractivity contribution in [3.63, 3.8) is 0 Å². The smallest absolute Gasteiger partial charge is 0.495 e. The maximum atomic E-state index is 15.8. The average Bonchev–Trinajstić information content (AvgIpc) is 3.19. The number of carbonyl (C=O) groups is 4. The van der Waals surface area contributed by atoms with Crippen molar-refractivity contribution in [2.75, 3.05) is 13.9 Å². The molecule has 0 aliphatic rings. The highest BCUT2D eigenvalue weighted by molar-refractivity contribution is 7.89. The lowest BCUT2D eigenvalue weighted by Crippen LogP contribution is -2.39. The summed E-state index contributed by atoms with van der Waals surface area (Å²) < 4.78 is 90.0. The molecule has 0 fully saturated rings. The Balaban J connectivity index is 1.59. The molecule has 18 heteroatoms. The second-order valence-corrected chi connectivity index (χ2v) is 17.7. The second kappa shape index (κ2) is 19.5. The monoisotopic (exact) mass is 884 g/mol. The number of sulfonamides is 1. The fourth-order valence-corrected chi connectivity index (χ4v) is 7.05. The molecule has 0 aromatic heterocycles. The number of para-hydroxylation sites is 1. The van der Waals surface area contributed by atoms with Gasteiger partial charge in [0.05, 0.1) is 40.2 Å². The van der Waals surface area contributed by atoms with E-state index in [-0.39, 0.29) is 22.8 Å². The Morgan fingerprint density at radius 2 is 1.34 bits per heavy atom. The number of methoxy groups -OCH3 is 1. The van der Waals surface area contributed by atoms with Gasteiger partial charge in [0.25, 0.3) is 0 Å². The molecule has 14 nitrogen and oxygen atoms in total. The Morgan fingerprint density at radius 3 is 1.95 bits per heavy atom. The second-order valence-electron chi connectivity index (χ2n) is 15.4. The van der Waals surface area contributed by atoms with E-state index < -0.39 is 81.2 Å². The third-order valence-electron chi connectivity index (χ3n) is 8.50. The van der Waals surface area contributed by atoms with Crippen LogP contribution < -0.4 is 4.74 Å². The van der Waals surface area contributed by atoms with Crippen molar-refractivity contribution in [1.29, 1.82) is 5.26 Å². The summed E-state index contributed by atoms with van der Waals surface area (Å²) >= 11 is 6.33. The average molecular weight is 885 g/mol. The standard InChI is InChI=1S/C43H43ClF2N2O12S/c1-41(2,3)36(49)56-26-57-39(52)60-40(58-37(50)42(4,5)6)59-38(51)43(45,46)32-20-17-29(22-33(32)44)25-48(61(53,54)35-14-9-8-13-34(35)55-7)24-27-15-18-30(19-16-27)31-12-10-11-28(21-31)23-47/h8-22,40H,24-26H2,1-7H3. The molecule has 0 aliphatic heterocycles. The molecular formula is C43H43ClF2N2O12S. The van der Waals surface area contributed by atoms with Gasteiger partial charge in [-0.2, -0.15) is 18.3 Å². The number of benzene rings is 4. The molecule has 0 heterocycles. The summed E-state index contributed by atoms with van der Waals surface area (Å²) in [5.41, 5.74) is -0.651. The van der Waals surface area contributed by atoms with Gasteiger partial charge < -0.3 is 28.4 Å². The first-order chi connectivity index (χ1) is 28.5. The highest BCUT2D eigenvalue weighted by Crippen LogP contribution is 2.37. The molecule has 0 amide bonds. The van der Waals surface area contributed by atoms with Gasteiger partial charge >= 0.3 is 36.5 Å². The fraction of sp³-hybridized carbons (Fsp3) is 0.326. The first-order valence-corrected chi connectivity index (χ1v) is 20.1. The first kappa shape index (κ1) is 47.6. The molecule has 1 atom stereocenters. The minimum Gasteiger partial charge on any atom is -0.495 e. The molecular weight excluding hydrogens is 842 g/mol. The number of carbonyl (C=O) groups excluding carboxylic acids is 4. The topological polar surface area (TPSA) is 185 Å². The molecule has 61 heavy (non-hydrogen) atoms. The lowest BCUT2D eigenvalue weighted by molar-refractivity contribution is -0.266. The van der Waals surface area contributed by atoms with E-state index in [0.717, 1.165) is 33.6 Å². The number of hydrogen-bond acceptors (Lipinski definition) is 13. The number of halogens is 3. The van der Waals surface area contributed by atoms with Crippen LogP contribution in [0.2, 0.25) is 5.02 Å². The molecule has 0 aliphatic carbocycles. The Labute approximate surface area is 356 Å². The molecule has 4 aromatic rings. The maximum Gasteiger partial charge on any atom is 0.516 e. The van der Waals surface area contributed by atoms with Crippen molar-refractivity contribution in [3.05, 3.63) is 118 Å². The summed E-state index contributed by atoms with van der Waals surface area (Å²) in [6.45, 7) is 4.48. The molecule has 1 unspecified atom stereocenters. The van der Waals surface area contributed by atoms with E-state index >= 15 is 8.78 Å². The number of ether oxygens (including phenoxy) is 6. The highest BCUT2D eigenvalue weighted by Gasteiger charge is 2.47. The summed E-state index contributed by atoms with van der Waals surface area (Å²) in [5.74, 6) is -8.75. The summed E-state index contributed by atoms with van der Waals surface area (Å²) in [4.78, 5) is 49.7. The van der Waals surface area contributed by atoms with Crippen LogP contribution in [-0.2, 0) is 67.1 Å². The van der Waals surface area contributed by atoms with Gasteiger partial charge in [-0.15, -0.1) is 0 Å². The van der Waals surface area contributed by atoms with Crippen molar-refractivity contribution in [2.45, 2.75) is 71.9 Å². The van der Waals surface area contributed by atoms with E-state index in [2.05, 4.69) is 20.3 Å². The Bertz CT molecular complexity index is 2410. The van der Waals surface area contributed by atoms with E-state index in [4.69, 9.17) is 25.8 Å². The van der Waals surface area contributed by atoms with Gasteiger partial charge in [0.2, 0.25) is 16.8 Å². The highest BCUT2D eigenvalue weighted by atomic mass is 35.5. The molecule has 4 rings (SSSR count). The summed E-state index contributed by atoms with van der Waals surface area (Å²) in [7, 11) is -3.04. The third kappa shape index (κ3) is 12.5. The minimum absolute atomic E-state index is 0.0550. The number of hydrogen-bond donors (Lipinski definition) is 0. The predicted molar refractivity (Wildman–Crippen MR) is 215 cm³/mol. The van der Waals surface area contributed by atoms with Crippen molar-refractivity contribution >= 4 is 45.7 Å². The zero-order valence-corrected chi connectivity index (χ0v) is 35.8. The van der Waals surface area contributed by atoms with E-state index in [0.29, 0.717) is 11.1 Å². The zero-order valence-electron chi connectivity index (χ0n) is 34.2. The molecule has 324 valence electrons. The molecule has 0 saturated carbocycles. The Hall–Kier alpha value is -6.09. The van der Waals surface area contributed by atoms with Crippen LogP contribution in [0.15, 0.2) is 95.9 Å². The van der Waals surface area contributed by atoms with Gasteiger partial charge in [-0.1, -0.05) is 72.3 Å². The number of esters is 3.